The Morgan fingerprint density at radius 1 is 1.13 bits per heavy atom. The minimum Gasteiger partial charge on any atom is -0.490 e. The number of hydrogen-bond acceptors (Lipinski definition) is 6. The number of nitrogens with one attached hydrogen (secondary N) is 1. The van der Waals surface area contributed by atoms with Crippen LogP contribution in [0.2, 0.25) is 0 Å². The van der Waals surface area contributed by atoms with Gasteiger partial charge in [0.2, 0.25) is 0 Å². The molecule has 1 aliphatic rings. The van der Waals surface area contributed by atoms with Gasteiger partial charge in [-0.2, -0.15) is 0 Å². The lowest BCUT2D eigenvalue weighted by molar-refractivity contribution is -0.143. The van der Waals surface area contributed by atoms with Crippen LogP contribution in [0.15, 0.2) is 48.2 Å². The Kier molecular flexibility index (Phi) is 7.25. The molecule has 1 heterocycles. The van der Waals surface area contributed by atoms with Gasteiger partial charge in [0, 0.05) is 0 Å². The number of amides is 1. The second-order valence-corrected chi connectivity index (χ2v) is 7.26. The smallest absolute Gasteiger partial charge is 0.325 e. The zero-order valence-electron chi connectivity index (χ0n) is 17.6. The highest BCUT2D eigenvalue weighted by Crippen LogP contribution is 2.30. The zero-order chi connectivity index (χ0) is 22.4. The summed E-state index contributed by atoms with van der Waals surface area (Å²) >= 11 is 5.15. The minimum atomic E-state index is -0.549. The van der Waals surface area contributed by atoms with Crippen LogP contribution >= 0.6 is 12.2 Å². The van der Waals surface area contributed by atoms with Gasteiger partial charge in [0.25, 0.3) is 5.91 Å². The molecule has 0 saturated carbocycles. The summed E-state index contributed by atoms with van der Waals surface area (Å²) in [7, 11) is 1.26. The predicted octanol–water partition coefficient (Wildman–Crippen LogP) is 3.20. The quantitative estimate of drug-likeness (QED) is 0.384. The summed E-state index contributed by atoms with van der Waals surface area (Å²) < 4.78 is 16.3. The summed E-state index contributed by atoms with van der Waals surface area (Å²) in [5.74, 6) is 0.238. The Morgan fingerprint density at radius 3 is 2.55 bits per heavy atom. The molecular weight excluding hydrogens is 416 g/mol. The van der Waals surface area contributed by atoms with Crippen molar-refractivity contribution >= 4 is 35.3 Å². The number of esters is 1. The molecule has 8 heteroatoms. The number of benzene rings is 2. The molecule has 1 aliphatic heterocycles. The molecule has 0 radical (unpaired) electrons. The number of ether oxygens (including phenoxy) is 3. The van der Waals surface area contributed by atoms with E-state index in [1.165, 1.54) is 12.7 Å². The number of rotatable bonds is 8. The Hall–Kier alpha value is -3.39. The van der Waals surface area contributed by atoms with Crippen molar-refractivity contribution < 1.29 is 23.8 Å². The van der Waals surface area contributed by atoms with Gasteiger partial charge in [0.15, 0.2) is 16.6 Å². The van der Waals surface area contributed by atoms with E-state index in [9.17, 15) is 9.59 Å². The number of hydrogen-bond donors (Lipinski definition) is 1. The van der Waals surface area contributed by atoms with Crippen LogP contribution in [0.1, 0.15) is 23.6 Å². The molecule has 1 saturated heterocycles. The molecular formula is C23H24N2O5S. The molecule has 1 N–H and O–H groups in total. The Labute approximate surface area is 186 Å². The van der Waals surface area contributed by atoms with Crippen LogP contribution < -0.4 is 14.8 Å². The highest BCUT2D eigenvalue weighted by atomic mass is 32.1. The number of carbonyl (C=O) groups excluding carboxylic acids is 2. The van der Waals surface area contributed by atoms with Crippen molar-refractivity contribution in [1.82, 2.24) is 10.2 Å². The average molecular weight is 441 g/mol. The standard InChI is InChI=1S/C23H24N2O5S/c1-4-29-20-12-17(9-10-19(20)30-14-16-7-5-15(2)6-8-16)11-18-22(27)25(23(31)24-18)13-21(26)28-3/h5-12H,4,13-14H2,1-3H3,(H,24,31)/b18-11-. The molecule has 3 rings (SSSR count). The van der Waals surface area contributed by atoms with Crippen LogP contribution in [-0.4, -0.2) is 42.2 Å². The van der Waals surface area contributed by atoms with E-state index in [0.717, 1.165) is 16.0 Å². The normalized spacial score (nSPS) is 14.5. The van der Waals surface area contributed by atoms with Crippen LogP contribution in [-0.2, 0) is 20.9 Å². The maximum Gasteiger partial charge on any atom is 0.325 e. The van der Waals surface area contributed by atoms with E-state index in [1.54, 1.807) is 18.2 Å². The molecule has 0 atom stereocenters. The molecule has 2 aromatic rings. The maximum atomic E-state index is 12.6. The number of nitrogens with zero attached hydrogens (tertiary/aromatic N) is 1. The van der Waals surface area contributed by atoms with Crippen LogP contribution in [0.5, 0.6) is 11.5 Å². The number of thiocarbonyl (C=S) groups is 1. The first-order chi connectivity index (χ1) is 14.9. The second kappa shape index (κ2) is 10.1. The molecule has 2 aromatic carbocycles. The third-order valence-electron chi connectivity index (χ3n) is 4.57. The third kappa shape index (κ3) is 5.61. The average Bonchev–Trinajstić information content (AvgIpc) is 3.01. The molecule has 0 spiro atoms. The molecule has 0 aromatic heterocycles. The summed E-state index contributed by atoms with van der Waals surface area (Å²) in [6.45, 7) is 4.57. The lowest BCUT2D eigenvalue weighted by Crippen LogP contribution is -2.35. The van der Waals surface area contributed by atoms with Crippen molar-refractivity contribution in [2.45, 2.75) is 20.5 Å². The molecule has 7 nitrogen and oxygen atoms in total. The topological polar surface area (TPSA) is 77.1 Å². The van der Waals surface area contributed by atoms with E-state index in [-0.39, 0.29) is 17.4 Å². The summed E-state index contributed by atoms with van der Waals surface area (Å²) in [5, 5.41) is 3.00. The second-order valence-electron chi connectivity index (χ2n) is 6.87. The molecule has 1 fully saturated rings. The van der Waals surface area contributed by atoms with E-state index in [0.29, 0.717) is 24.7 Å². The van der Waals surface area contributed by atoms with Crippen molar-refractivity contribution in [1.29, 1.82) is 0 Å². The molecule has 0 bridgehead atoms. The zero-order valence-corrected chi connectivity index (χ0v) is 18.5. The molecule has 1 amide bonds. The van der Waals surface area contributed by atoms with Gasteiger partial charge in [-0.15, -0.1) is 0 Å². The van der Waals surface area contributed by atoms with Gasteiger partial charge in [-0.3, -0.25) is 14.5 Å². The van der Waals surface area contributed by atoms with Gasteiger partial charge in [-0.05, 0) is 55.4 Å². The Morgan fingerprint density at radius 2 is 1.87 bits per heavy atom. The summed E-state index contributed by atoms with van der Waals surface area (Å²) in [6, 6.07) is 13.5. The monoisotopic (exact) mass is 440 g/mol. The molecule has 0 aliphatic carbocycles. The van der Waals surface area contributed by atoms with Gasteiger partial charge in [-0.25, -0.2) is 0 Å². The van der Waals surface area contributed by atoms with Crippen LogP contribution in [0.3, 0.4) is 0 Å². The van der Waals surface area contributed by atoms with E-state index in [1.807, 2.05) is 44.2 Å². The van der Waals surface area contributed by atoms with Crippen molar-refractivity contribution in [2.75, 3.05) is 20.3 Å². The van der Waals surface area contributed by atoms with Crippen molar-refractivity contribution in [3.8, 4) is 11.5 Å². The van der Waals surface area contributed by atoms with Crippen molar-refractivity contribution in [3.63, 3.8) is 0 Å². The van der Waals surface area contributed by atoms with Crippen LogP contribution in [0.4, 0.5) is 0 Å². The molecule has 162 valence electrons. The Balaban J connectivity index is 1.77. The number of aryl methyl sites for hydroxylation is 1. The van der Waals surface area contributed by atoms with Crippen molar-refractivity contribution in [3.05, 3.63) is 64.9 Å². The first-order valence-electron chi connectivity index (χ1n) is 9.77. The Bertz CT molecular complexity index is 1020. The predicted molar refractivity (Wildman–Crippen MR) is 121 cm³/mol. The van der Waals surface area contributed by atoms with Gasteiger partial charge < -0.3 is 19.5 Å². The fraction of sp³-hybridized carbons (Fsp3) is 0.261. The molecule has 0 unspecified atom stereocenters. The van der Waals surface area contributed by atoms with E-state index >= 15 is 0 Å². The lowest BCUT2D eigenvalue weighted by atomic mass is 10.1. The van der Waals surface area contributed by atoms with E-state index in [4.69, 9.17) is 21.7 Å². The van der Waals surface area contributed by atoms with Gasteiger partial charge in [0.1, 0.15) is 18.8 Å². The summed E-state index contributed by atoms with van der Waals surface area (Å²) in [6.07, 6.45) is 1.65. The first-order valence-corrected chi connectivity index (χ1v) is 10.2. The fourth-order valence-electron chi connectivity index (χ4n) is 2.92. The fourth-order valence-corrected chi connectivity index (χ4v) is 3.18. The molecule has 31 heavy (non-hydrogen) atoms. The van der Waals surface area contributed by atoms with E-state index < -0.39 is 11.9 Å². The van der Waals surface area contributed by atoms with Crippen molar-refractivity contribution in [2.24, 2.45) is 0 Å². The summed E-state index contributed by atoms with van der Waals surface area (Å²) in [4.78, 5) is 25.2. The first kappa shape index (κ1) is 22.3. The number of carbonyl (C=O) groups is 2. The van der Waals surface area contributed by atoms with Crippen LogP contribution in [0, 0.1) is 6.92 Å². The SMILES string of the molecule is CCOc1cc(/C=C2\NC(=S)N(CC(=O)OC)C2=O)ccc1OCc1ccc(C)cc1. The lowest BCUT2D eigenvalue weighted by Gasteiger charge is -2.13. The van der Waals surface area contributed by atoms with Crippen LogP contribution in [0.25, 0.3) is 6.08 Å². The minimum absolute atomic E-state index is 0.157. The largest absolute Gasteiger partial charge is 0.490 e. The highest BCUT2D eigenvalue weighted by Gasteiger charge is 2.32. The third-order valence-corrected chi connectivity index (χ3v) is 4.89. The highest BCUT2D eigenvalue weighted by molar-refractivity contribution is 7.80. The maximum absolute atomic E-state index is 12.6. The van der Waals surface area contributed by atoms with Gasteiger partial charge >= 0.3 is 5.97 Å². The summed E-state index contributed by atoms with van der Waals surface area (Å²) in [5.41, 5.74) is 3.24. The number of methoxy groups -OCH3 is 1. The van der Waals surface area contributed by atoms with Gasteiger partial charge in [0.05, 0.1) is 13.7 Å². The van der Waals surface area contributed by atoms with E-state index in [2.05, 4.69) is 10.1 Å². The van der Waals surface area contributed by atoms with Gasteiger partial charge in [-0.1, -0.05) is 35.9 Å².